The number of rotatable bonds is 6. The van der Waals surface area contributed by atoms with Gasteiger partial charge >= 0.3 is 6.18 Å². The molecule has 1 rings (SSSR count). The molecular weight excluding hydrogens is 255 g/mol. The summed E-state index contributed by atoms with van der Waals surface area (Å²) in [7, 11) is 0. The highest BCUT2D eigenvalue weighted by atomic mass is 19.4. The minimum atomic E-state index is -4.42. The lowest BCUT2D eigenvalue weighted by Crippen LogP contribution is -2.03. The Bertz CT molecular complexity index is 452. The average Bonchev–Trinajstić information content (AvgIpc) is 2.31. The van der Waals surface area contributed by atoms with Crippen LogP contribution in [0, 0.1) is 6.92 Å². The minimum absolute atomic E-state index is 0.0164. The molecular formula is C14H16F3NO. The molecule has 104 valence electrons. The molecule has 0 N–H and O–H groups in total. The van der Waals surface area contributed by atoms with Gasteiger partial charge in [-0.05, 0) is 50.0 Å². The summed E-state index contributed by atoms with van der Waals surface area (Å²) in [5.41, 5.74) is 2.06. The number of carbonyl (C=O) groups is 1. The Kier molecular flexibility index (Phi) is 5.73. The van der Waals surface area contributed by atoms with Crippen molar-refractivity contribution in [2.24, 2.45) is 0 Å². The van der Waals surface area contributed by atoms with Crippen LogP contribution >= 0.6 is 0 Å². The van der Waals surface area contributed by atoms with E-state index < -0.39 is 12.0 Å². The molecule has 0 aliphatic heterocycles. The Morgan fingerprint density at radius 1 is 1.37 bits per heavy atom. The molecule has 0 bridgehead atoms. The molecule has 0 aliphatic rings. The number of allylic oxidation sites excluding steroid dienone is 2. The van der Waals surface area contributed by atoms with Crippen LogP contribution in [0.5, 0.6) is 0 Å². The maximum atomic E-state index is 11.8. The average molecular weight is 271 g/mol. The molecule has 2 nitrogen and oxygen atoms in total. The van der Waals surface area contributed by atoms with Crippen LogP contribution < -0.4 is 0 Å². The van der Waals surface area contributed by atoms with Crippen LogP contribution in [0.1, 0.15) is 30.5 Å². The topological polar surface area (TPSA) is 30.0 Å². The largest absolute Gasteiger partial charge is 0.409 e. The number of nitrogens with zero attached hydrogens (tertiary/aromatic N) is 1. The van der Waals surface area contributed by atoms with E-state index in [4.69, 9.17) is 0 Å². The summed E-state index contributed by atoms with van der Waals surface area (Å²) in [6.45, 7) is 1.97. The van der Waals surface area contributed by atoms with Gasteiger partial charge in [0.2, 0.25) is 0 Å². The van der Waals surface area contributed by atoms with Gasteiger partial charge in [-0.25, -0.2) is 0 Å². The molecule has 1 aromatic heterocycles. The van der Waals surface area contributed by atoms with Crippen molar-refractivity contribution >= 4 is 5.78 Å². The van der Waals surface area contributed by atoms with Crippen LogP contribution in [0.4, 0.5) is 13.2 Å². The number of hydrogen-bond acceptors (Lipinski definition) is 2. The lowest BCUT2D eigenvalue weighted by atomic mass is 10.1. The molecule has 1 aromatic rings. The van der Waals surface area contributed by atoms with Crippen LogP contribution in [-0.4, -0.2) is 16.9 Å². The van der Waals surface area contributed by atoms with Crippen LogP contribution in [0.2, 0.25) is 0 Å². The number of alkyl halides is 3. The third kappa shape index (κ3) is 7.39. The van der Waals surface area contributed by atoms with E-state index in [2.05, 4.69) is 4.98 Å². The SMILES string of the molecule is Cc1ccnc(CCCCC(=O)/C=C/C(F)(F)F)c1. The van der Waals surface area contributed by atoms with Crippen molar-refractivity contribution in [3.63, 3.8) is 0 Å². The first kappa shape index (κ1) is 15.4. The van der Waals surface area contributed by atoms with Gasteiger partial charge in [0, 0.05) is 24.4 Å². The predicted octanol–water partition coefficient (Wildman–Crippen LogP) is 3.79. The number of unbranched alkanes of at least 4 members (excludes halogenated alkanes) is 1. The van der Waals surface area contributed by atoms with Gasteiger partial charge in [0.15, 0.2) is 5.78 Å². The van der Waals surface area contributed by atoms with Gasteiger partial charge in [-0.2, -0.15) is 13.2 Å². The second-order valence-corrected chi connectivity index (χ2v) is 4.37. The predicted molar refractivity (Wildman–Crippen MR) is 66.7 cm³/mol. The highest BCUT2D eigenvalue weighted by Crippen LogP contribution is 2.16. The number of pyridine rings is 1. The third-order valence-corrected chi connectivity index (χ3v) is 2.54. The lowest BCUT2D eigenvalue weighted by molar-refractivity contribution is -0.115. The summed E-state index contributed by atoms with van der Waals surface area (Å²) in [5, 5.41) is 0. The fraction of sp³-hybridized carbons (Fsp3) is 0.429. The lowest BCUT2D eigenvalue weighted by Gasteiger charge is -2.01. The van der Waals surface area contributed by atoms with E-state index in [9.17, 15) is 18.0 Å². The van der Waals surface area contributed by atoms with E-state index in [0.717, 1.165) is 24.1 Å². The van der Waals surface area contributed by atoms with Gasteiger partial charge in [0.05, 0.1) is 0 Å². The monoisotopic (exact) mass is 271 g/mol. The van der Waals surface area contributed by atoms with Crippen molar-refractivity contribution in [3.05, 3.63) is 41.7 Å². The normalized spacial score (nSPS) is 12.0. The van der Waals surface area contributed by atoms with Crippen molar-refractivity contribution in [1.29, 1.82) is 0 Å². The Balaban J connectivity index is 2.24. The van der Waals surface area contributed by atoms with E-state index in [-0.39, 0.29) is 12.5 Å². The number of carbonyl (C=O) groups excluding carboxylic acids is 1. The fourth-order valence-electron chi connectivity index (χ4n) is 1.61. The van der Waals surface area contributed by atoms with E-state index in [1.54, 1.807) is 6.20 Å². The first-order valence-electron chi connectivity index (χ1n) is 6.07. The summed E-state index contributed by atoms with van der Waals surface area (Å²) < 4.78 is 35.4. The van der Waals surface area contributed by atoms with Gasteiger partial charge in [-0.1, -0.05) is 0 Å². The molecule has 0 atom stereocenters. The van der Waals surface area contributed by atoms with Gasteiger partial charge in [-0.15, -0.1) is 0 Å². The highest BCUT2D eigenvalue weighted by Gasteiger charge is 2.22. The number of aromatic nitrogens is 1. The summed E-state index contributed by atoms with van der Waals surface area (Å²) in [4.78, 5) is 15.3. The molecule has 0 aliphatic carbocycles. The van der Waals surface area contributed by atoms with E-state index >= 15 is 0 Å². The summed E-state index contributed by atoms with van der Waals surface area (Å²) in [6, 6.07) is 3.86. The third-order valence-electron chi connectivity index (χ3n) is 2.54. The quantitative estimate of drug-likeness (QED) is 0.582. The minimum Gasteiger partial charge on any atom is -0.295 e. The smallest absolute Gasteiger partial charge is 0.295 e. The van der Waals surface area contributed by atoms with Crippen molar-refractivity contribution < 1.29 is 18.0 Å². The summed E-state index contributed by atoms with van der Waals surface area (Å²) >= 11 is 0. The van der Waals surface area contributed by atoms with Gasteiger partial charge in [0.25, 0.3) is 0 Å². The van der Waals surface area contributed by atoms with Gasteiger partial charge < -0.3 is 0 Å². The second kappa shape index (κ2) is 7.07. The zero-order valence-electron chi connectivity index (χ0n) is 10.7. The van der Waals surface area contributed by atoms with E-state index in [1.807, 2.05) is 19.1 Å². The molecule has 19 heavy (non-hydrogen) atoms. The molecule has 0 fully saturated rings. The Hall–Kier alpha value is -1.65. The molecule has 0 spiro atoms. The zero-order chi connectivity index (χ0) is 14.3. The number of ketones is 1. The molecule has 0 saturated carbocycles. The number of hydrogen-bond donors (Lipinski definition) is 0. The Labute approximate surface area is 110 Å². The van der Waals surface area contributed by atoms with Crippen LogP contribution in [0.15, 0.2) is 30.5 Å². The summed E-state index contributed by atoms with van der Waals surface area (Å²) in [6.07, 6.45) is 0.0699. The fourth-order valence-corrected chi connectivity index (χ4v) is 1.61. The molecule has 5 heteroatoms. The molecule has 0 aromatic carbocycles. The van der Waals surface area contributed by atoms with Crippen molar-refractivity contribution in [1.82, 2.24) is 4.98 Å². The number of halogens is 3. The molecule has 1 heterocycles. The van der Waals surface area contributed by atoms with Gasteiger partial charge in [0.1, 0.15) is 0 Å². The van der Waals surface area contributed by atoms with Crippen LogP contribution in [-0.2, 0) is 11.2 Å². The van der Waals surface area contributed by atoms with Crippen molar-refractivity contribution in [2.45, 2.75) is 38.8 Å². The first-order valence-corrected chi connectivity index (χ1v) is 6.07. The van der Waals surface area contributed by atoms with E-state index in [1.165, 1.54) is 0 Å². The van der Waals surface area contributed by atoms with Crippen LogP contribution in [0.25, 0.3) is 0 Å². The van der Waals surface area contributed by atoms with E-state index in [0.29, 0.717) is 12.5 Å². The number of aryl methyl sites for hydroxylation is 2. The summed E-state index contributed by atoms with van der Waals surface area (Å²) in [5.74, 6) is -0.491. The molecule has 0 unspecified atom stereocenters. The highest BCUT2D eigenvalue weighted by molar-refractivity contribution is 5.89. The molecule has 0 saturated heterocycles. The molecule has 0 amide bonds. The van der Waals surface area contributed by atoms with Gasteiger partial charge in [-0.3, -0.25) is 9.78 Å². The Morgan fingerprint density at radius 3 is 2.74 bits per heavy atom. The maximum absolute atomic E-state index is 11.8. The van der Waals surface area contributed by atoms with Crippen molar-refractivity contribution in [2.75, 3.05) is 0 Å². The maximum Gasteiger partial charge on any atom is 0.409 e. The van der Waals surface area contributed by atoms with Crippen LogP contribution in [0.3, 0.4) is 0 Å². The zero-order valence-corrected chi connectivity index (χ0v) is 10.7. The van der Waals surface area contributed by atoms with Crippen molar-refractivity contribution in [3.8, 4) is 0 Å². The second-order valence-electron chi connectivity index (χ2n) is 4.37. The standard InChI is InChI=1S/C14H16F3NO/c1-11-7-9-18-12(10-11)4-2-3-5-13(19)6-8-14(15,16)17/h6-10H,2-5H2,1H3/b8-6+. The Morgan fingerprint density at radius 2 is 2.11 bits per heavy atom. The molecule has 0 radical (unpaired) electrons. The first-order chi connectivity index (χ1) is 8.87.